The van der Waals surface area contributed by atoms with Crippen molar-refractivity contribution < 1.29 is 22.7 Å². The van der Waals surface area contributed by atoms with Gasteiger partial charge in [0, 0.05) is 17.6 Å². The zero-order chi connectivity index (χ0) is 31.9. The number of rotatable bonds is 12. The van der Waals surface area contributed by atoms with Crippen molar-refractivity contribution in [1.82, 2.24) is 10.2 Å². The summed E-state index contributed by atoms with van der Waals surface area (Å²) in [5.41, 5.74) is 1.90. The number of aryl methyl sites for hydroxylation is 1. The van der Waals surface area contributed by atoms with Gasteiger partial charge in [-0.2, -0.15) is 0 Å². The third-order valence-corrected chi connectivity index (χ3v) is 8.90. The lowest BCUT2D eigenvalue weighted by molar-refractivity contribution is -0.139. The molecule has 0 bridgehead atoms. The molecule has 0 aliphatic carbocycles. The Morgan fingerprint density at radius 3 is 2.00 bits per heavy atom. The van der Waals surface area contributed by atoms with Crippen molar-refractivity contribution in [2.45, 2.75) is 51.2 Å². The fourth-order valence-corrected chi connectivity index (χ4v) is 5.99. The number of para-hydroxylation sites is 1. The van der Waals surface area contributed by atoms with E-state index in [1.807, 2.05) is 51.1 Å². The molecule has 10 heteroatoms. The van der Waals surface area contributed by atoms with Gasteiger partial charge in [-0.25, -0.2) is 8.42 Å². The minimum absolute atomic E-state index is 0.0374. The highest BCUT2D eigenvalue weighted by Gasteiger charge is 2.32. The van der Waals surface area contributed by atoms with E-state index in [4.69, 9.17) is 16.3 Å². The molecule has 2 amide bonds. The zero-order valence-electron chi connectivity index (χ0n) is 25.1. The van der Waals surface area contributed by atoms with E-state index in [9.17, 15) is 18.0 Å². The molecule has 0 saturated carbocycles. The van der Waals surface area contributed by atoms with Gasteiger partial charge in [0.1, 0.15) is 24.1 Å². The molecule has 4 rings (SSSR count). The molecule has 44 heavy (non-hydrogen) atoms. The van der Waals surface area contributed by atoms with Crippen LogP contribution in [0.2, 0.25) is 5.02 Å². The molecule has 0 aliphatic rings. The van der Waals surface area contributed by atoms with E-state index < -0.39 is 28.5 Å². The number of halogens is 1. The second-order valence-electron chi connectivity index (χ2n) is 10.7. The van der Waals surface area contributed by atoms with Crippen molar-refractivity contribution in [2.75, 3.05) is 10.8 Å². The molecule has 8 nitrogen and oxygen atoms in total. The number of amides is 2. The minimum atomic E-state index is -4.19. The number of carbonyl (C=O) groups excluding carboxylic acids is 2. The van der Waals surface area contributed by atoms with Gasteiger partial charge in [-0.1, -0.05) is 59.6 Å². The molecule has 0 aliphatic heterocycles. The maximum absolute atomic E-state index is 14.1. The number of carbonyl (C=O) groups is 2. The molecule has 0 unspecified atom stereocenters. The van der Waals surface area contributed by atoms with Gasteiger partial charge in [-0.3, -0.25) is 13.9 Å². The van der Waals surface area contributed by atoms with E-state index in [0.717, 1.165) is 15.4 Å². The van der Waals surface area contributed by atoms with Gasteiger partial charge in [0.2, 0.25) is 11.8 Å². The lowest BCUT2D eigenvalue weighted by Gasteiger charge is -2.32. The van der Waals surface area contributed by atoms with Crippen LogP contribution >= 0.6 is 11.6 Å². The van der Waals surface area contributed by atoms with Crippen molar-refractivity contribution in [3.8, 4) is 11.5 Å². The van der Waals surface area contributed by atoms with Crippen LogP contribution in [0.5, 0.6) is 11.5 Å². The molecule has 230 valence electrons. The number of anilines is 1. The Balaban J connectivity index is 1.70. The first-order valence-corrected chi connectivity index (χ1v) is 16.0. The molecular weight excluding hydrogens is 598 g/mol. The first kappa shape index (κ1) is 32.6. The number of nitrogens with one attached hydrogen (secondary N) is 1. The van der Waals surface area contributed by atoms with Crippen LogP contribution in [0.15, 0.2) is 108 Å². The van der Waals surface area contributed by atoms with Gasteiger partial charge in [-0.15, -0.1) is 0 Å². The third-order valence-electron chi connectivity index (χ3n) is 6.86. The molecular formula is C34H36ClN3O5S. The number of ether oxygens (including phenoxy) is 1. The Bertz CT molecular complexity index is 1660. The summed E-state index contributed by atoms with van der Waals surface area (Å²) in [5.74, 6) is 0.234. The molecule has 1 N–H and O–H groups in total. The van der Waals surface area contributed by atoms with Crippen LogP contribution < -0.4 is 14.4 Å². The summed E-state index contributed by atoms with van der Waals surface area (Å²) in [5, 5.41) is 3.38. The fraction of sp³-hybridized carbons (Fsp3) is 0.235. The number of nitrogens with zero attached hydrogens (tertiary/aromatic N) is 2. The average molecular weight is 634 g/mol. The van der Waals surface area contributed by atoms with Crippen molar-refractivity contribution in [3.63, 3.8) is 0 Å². The Labute approximate surface area is 264 Å². The van der Waals surface area contributed by atoms with Crippen LogP contribution in [0.1, 0.15) is 31.9 Å². The first-order chi connectivity index (χ1) is 20.9. The van der Waals surface area contributed by atoms with Crippen LogP contribution in [-0.2, 0) is 26.2 Å². The largest absolute Gasteiger partial charge is 0.457 e. The summed E-state index contributed by atoms with van der Waals surface area (Å²) < 4.78 is 35.1. The van der Waals surface area contributed by atoms with Gasteiger partial charge < -0.3 is 15.0 Å². The summed E-state index contributed by atoms with van der Waals surface area (Å²) in [4.78, 5) is 28.5. The lowest BCUT2D eigenvalue weighted by atomic mass is 10.1. The van der Waals surface area contributed by atoms with E-state index in [1.54, 1.807) is 67.6 Å². The zero-order valence-corrected chi connectivity index (χ0v) is 26.7. The van der Waals surface area contributed by atoms with Crippen LogP contribution in [0, 0.1) is 6.92 Å². The van der Waals surface area contributed by atoms with Crippen LogP contribution in [0.3, 0.4) is 0 Å². The maximum Gasteiger partial charge on any atom is 0.264 e. The van der Waals surface area contributed by atoms with Crippen molar-refractivity contribution in [1.29, 1.82) is 0 Å². The normalized spacial score (nSPS) is 12.0. The second-order valence-corrected chi connectivity index (χ2v) is 13.0. The maximum atomic E-state index is 14.1. The second kappa shape index (κ2) is 14.4. The SMILES string of the molecule is Cc1ccc(S(=O)(=O)N(CC(=O)N(Cc2ccc(Cl)cc2)[C@@H](C)C(=O)NC(C)C)c2ccc(Oc3ccccc3)cc2)cc1. The quantitative estimate of drug-likeness (QED) is 0.190. The third kappa shape index (κ3) is 8.39. The number of benzene rings is 4. The fourth-order valence-electron chi connectivity index (χ4n) is 4.45. The number of hydrogen-bond acceptors (Lipinski definition) is 5. The Hall–Kier alpha value is -4.34. The van der Waals surface area contributed by atoms with Crippen LogP contribution in [0.4, 0.5) is 5.69 Å². The summed E-state index contributed by atoms with van der Waals surface area (Å²) >= 11 is 6.07. The smallest absolute Gasteiger partial charge is 0.264 e. The van der Waals surface area contributed by atoms with E-state index in [1.165, 1.54) is 17.0 Å². The Kier molecular flexibility index (Phi) is 10.7. The molecule has 0 aromatic heterocycles. The molecule has 0 saturated heterocycles. The van der Waals surface area contributed by atoms with Crippen LogP contribution in [0.25, 0.3) is 0 Å². The topological polar surface area (TPSA) is 96.0 Å². The number of hydrogen-bond donors (Lipinski definition) is 1. The summed E-state index contributed by atoms with van der Waals surface area (Å²) in [6.07, 6.45) is 0. The van der Waals surface area contributed by atoms with Crippen molar-refractivity contribution in [3.05, 3.63) is 119 Å². The van der Waals surface area contributed by atoms with Crippen LogP contribution in [-0.4, -0.2) is 43.8 Å². The van der Waals surface area contributed by atoms with Gasteiger partial charge in [0.15, 0.2) is 0 Å². The summed E-state index contributed by atoms with van der Waals surface area (Å²) in [7, 11) is -4.19. The Morgan fingerprint density at radius 2 is 1.41 bits per heavy atom. The summed E-state index contributed by atoms with van der Waals surface area (Å²) in [6.45, 7) is 6.68. The molecule has 0 heterocycles. The highest BCUT2D eigenvalue weighted by atomic mass is 35.5. The monoisotopic (exact) mass is 633 g/mol. The minimum Gasteiger partial charge on any atom is -0.457 e. The van der Waals surface area contributed by atoms with Crippen molar-refractivity contribution in [2.24, 2.45) is 0 Å². The number of sulfonamides is 1. The van der Waals surface area contributed by atoms with E-state index in [0.29, 0.717) is 16.5 Å². The predicted molar refractivity (Wildman–Crippen MR) is 173 cm³/mol. The molecule has 1 atom stereocenters. The van der Waals surface area contributed by atoms with Gasteiger partial charge in [0.25, 0.3) is 10.0 Å². The molecule has 0 fully saturated rings. The molecule has 4 aromatic rings. The van der Waals surface area contributed by atoms with Gasteiger partial charge in [0.05, 0.1) is 10.6 Å². The highest BCUT2D eigenvalue weighted by Crippen LogP contribution is 2.29. The lowest BCUT2D eigenvalue weighted by Crippen LogP contribution is -2.52. The molecule has 0 radical (unpaired) electrons. The van der Waals surface area contributed by atoms with Crippen molar-refractivity contribution >= 4 is 39.1 Å². The standard InChI is InChI=1S/C34H36ClN3O5S/c1-24(2)36-34(40)26(4)37(22-27-12-14-28(35)15-13-27)33(39)23-38(44(41,42)32-20-10-25(3)11-21-32)29-16-18-31(19-17-29)43-30-8-6-5-7-9-30/h5-21,24,26H,22-23H2,1-4H3,(H,36,40)/t26-/m0/s1. The first-order valence-electron chi connectivity index (χ1n) is 14.2. The highest BCUT2D eigenvalue weighted by molar-refractivity contribution is 7.92. The average Bonchev–Trinajstić information content (AvgIpc) is 3.00. The molecule has 0 spiro atoms. The Morgan fingerprint density at radius 1 is 0.818 bits per heavy atom. The van der Waals surface area contributed by atoms with E-state index in [2.05, 4.69) is 5.32 Å². The molecule has 4 aromatic carbocycles. The van der Waals surface area contributed by atoms with Gasteiger partial charge >= 0.3 is 0 Å². The van der Waals surface area contributed by atoms with E-state index >= 15 is 0 Å². The van der Waals surface area contributed by atoms with E-state index in [-0.39, 0.29) is 29.1 Å². The summed E-state index contributed by atoms with van der Waals surface area (Å²) in [6, 6.07) is 28.0. The predicted octanol–water partition coefficient (Wildman–Crippen LogP) is 6.58. The van der Waals surface area contributed by atoms with Gasteiger partial charge in [-0.05, 0) is 93.9 Å².